The zero-order valence-corrected chi connectivity index (χ0v) is 17.0. The Hall–Kier alpha value is -2.38. The van der Waals surface area contributed by atoms with Crippen LogP contribution >= 0.6 is 0 Å². The first-order valence-corrected chi connectivity index (χ1v) is 10.9. The first-order valence-electron chi connectivity index (χ1n) is 9.40. The van der Waals surface area contributed by atoms with Gasteiger partial charge in [0.2, 0.25) is 10.0 Å². The Morgan fingerprint density at radius 2 is 1.82 bits per heavy atom. The second kappa shape index (κ2) is 8.75. The summed E-state index contributed by atoms with van der Waals surface area (Å²) < 4.78 is 33.8. The van der Waals surface area contributed by atoms with Gasteiger partial charge in [-0.15, -0.1) is 0 Å². The molecule has 0 aliphatic heterocycles. The molecule has 1 fully saturated rings. The van der Waals surface area contributed by atoms with Crippen molar-refractivity contribution in [3.63, 3.8) is 0 Å². The van der Waals surface area contributed by atoms with Crippen LogP contribution in [-0.2, 0) is 16.6 Å². The predicted octanol–water partition coefficient (Wildman–Crippen LogP) is 3.19. The number of nitrogens with zero attached hydrogens (tertiary/aromatic N) is 1. The average Bonchev–Trinajstić information content (AvgIpc) is 3.20. The van der Waals surface area contributed by atoms with Crippen molar-refractivity contribution < 1.29 is 17.9 Å². The topological polar surface area (TPSA) is 75.7 Å². The van der Waals surface area contributed by atoms with Crippen LogP contribution in [0.15, 0.2) is 53.4 Å². The van der Waals surface area contributed by atoms with Crippen LogP contribution in [0.5, 0.6) is 5.75 Å². The highest BCUT2D eigenvalue weighted by atomic mass is 32.2. The molecule has 28 heavy (non-hydrogen) atoms. The summed E-state index contributed by atoms with van der Waals surface area (Å²) in [6.07, 6.45) is 3.71. The monoisotopic (exact) mass is 402 g/mol. The maximum atomic E-state index is 12.9. The quantitative estimate of drug-likeness (QED) is 0.772. The van der Waals surface area contributed by atoms with E-state index in [1.807, 2.05) is 30.3 Å². The molecule has 0 radical (unpaired) electrons. The SMILES string of the molecule is COc1ccc(C(=O)N(C)Cc2ccccc2)cc1S(=O)(=O)NC1CCCC1. The number of sulfonamides is 1. The van der Waals surface area contributed by atoms with Gasteiger partial charge in [-0.2, -0.15) is 0 Å². The number of carbonyl (C=O) groups is 1. The van der Waals surface area contributed by atoms with Crippen molar-refractivity contribution in [1.82, 2.24) is 9.62 Å². The van der Waals surface area contributed by atoms with Crippen LogP contribution in [0.25, 0.3) is 0 Å². The maximum absolute atomic E-state index is 12.9. The van der Waals surface area contributed by atoms with E-state index in [1.165, 1.54) is 19.2 Å². The third-order valence-electron chi connectivity index (χ3n) is 4.99. The lowest BCUT2D eigenvalue weighted by molar-refractivity contribution is 0.0785. The number of carbonyl (C=O) groups excluding carboxylic acids is 1. The smallest absolute Gasteiger partial charge is 0.253 e. The van der Waals surface area contributed by atoms with Crippen LogP contribution in [0.2, 0.25) is 0 Å². The van der Waals surface area contributed by atoms with Crippen molar-refractivity contribution in [2.24, 2.45) is 0 Å². The Labute approximate surface area is 166 Å². The molecular weight excluding hydrogens is 376 g/mol. The summed E-state index contributed by atoms with van der Waals surface area (Å²) in [4.78, 5) is 14.4. The summed E-state index contributed by atoms with van der Waals surface area (Å²) in [7, 11) is -0.650. The Bertz CT molecular complexity index is 923. The second-order valence-corrected chi connectivity index (χ2v) is 8.80. The first-order chi connectivity index (χ1) is 13.4. The van der Waals surface area contributed by atoms with Crippen LogP contribution in [0, 0.1) is 0 Å². The lowest BCUT2D eigenvalue weighted by Gasteiger charge is -2.19. The van der Waals surface area contributed by atoms with Crippen LogP contribution in [-0.4, -0.2) is 39.4 Å². The molecule has 0 heterocycles. The number of amides is 1. The number of benzene rings is 2. The molecule has 2 aromatic rings. The fraction of sp³-hybridized carbons (Fsp3) is 0.381. The van der Waals surface area contributed by atoms with Gasteiger partial charge in [-0.05, 0) is 36.6 Å². The van der Waals surface area contributed by atoms with E-state index < -0.39 is 10.0 Å². The normalized spacial score (nSPS) is 14.8. The fourth-order valence-corrected chi connectivity index (χ4v) is 5.00. The van der Waals surface area contributed by atoms with Gasteiger partial charge in [0, 0.05) is 25.2 Å². The average molecular weight is 403 g/mol. The molecule has 0 bridgehead atoms. The van der Waals surface area contributed by atoms with Crippen molar-refractivity contribution in [3.8, 4) is 5.75 Å². The molecular formula is C21H26N2O4S. The van der Waals surface area contributed by atoms with E-state index in [4.69, 9.17) is 4.74 Å². The van der Waals surface area contributed by atoms with Crippen molar-refractivity contribution in [2.45, 2.75) is 43.2 Å². The van der Waals surface area contributed by atoms with E-state index in [0.717, 1.165) is 31.2 Å². The Balaban J connectivity index is 1.84. The summed E-state index contributed by atoms with van der Waals surface area (Å²) in [5.74, 6) is -0.0171. The van der Waals surface area contributed by atoms with Gasteiger partial charge >= 0.3 is 0 Å². The maximum Gasteiger partial charge on any atom is 0.253 e. The molecule has 7 heteroatoms. The van der Waals surface area contributed by atoms with E-state index in [9.17, 15) is 13.2 Å². The van der Waals surface area contributed by atoms with Crippen molar-refractivity contribution in [1.29, 1.82) is 0 Å². The molecule has 6 nitrogen and oxygen atoms in total. The lowest BCUT2D eigenvalue weighted by Crippen LogP contribution is -2.33. The highest BCUT2D eigenvalue weighted by Crippen LogP contribution is 2.27. The molecule has 0 saturated heterocycles. The molecule has 0 spiro atoms. The number of rotatable bonds is 7. The number of ether oxygens (including phenoxy) is 1. The van der Waals surface area contributed by atoms with Crippen LogP contribution in [0.3, 0.4) is 0 Å². The molecule has 1 N–H and O–H groups in total. The third-order valence-corrected chi connectivity index (χ3v) is 6.53. The Morgan fingerprint density at radius 1 is 1.14 bits per heavy atom. The molecule has 0 aromatic heterocycles. The van der Waals surface area contributed by atoms with Gasteiger partial charge in [0.25, 0.3) is 5.91 Å². The minimum atomic E-state index is -3.77. The molecule has 0 unspecified atom stereocenters. The first kappa shape index (κ1) is 20.4. The standard InChI is InChI=1S/C21H26N2O4S/c1-23(15-16-8-4-3-5-9-16)21(24)17-12-13-19(27-2)20(14-17)28(25,26)22-18-10-6-7-11-18/h3-5,8-9,12-14,18,22H,6-7,10-11,15H2,1-2H3. The minimum absolute atomic E-state index is 0.000797. The van der Waals surface area contributed by atoms with Gasteiger partial charge in [0.15, 0.2) is 0 Å². The highest BCUT2D eigenvalue weighted by molar-refractivity contribution is 7.89. The molecule has 1 aliphatic carbocycles. The van der Waals surface area contributed by atoms with Crippen LogP contribution < -0.4 is 9.46 Å². The summed E-state index contributed by atoms with van der Waals surface area (Å²) in [5.41, 5.74) is 1.31. The fourth-order valence-electron chi connectivity index (χ4n) is 3.50. The number of nitrogens with one attached hydrogen (secondary N) is 1. The molecule has 1 saturated carbocycles. The largest absolute Gasteiger partial charge is 0.495 e. The zero-order valence-electron chi connectivity index (χ0n) is 16.2. The number of hydrogen-bond acceptors (Lipinski definition) is 4. The molecule has 3 rings (SSSR count). The van der Waals surface area contributed by atoms with Crippen molar-refractivity contribution >= 4 is 15.9 Å². The van der Waals surface area contributed by atoms with Crippen molar-refractivity contribution in [2.75, 3.05) is 14.2 Å². The zero-order chi connectivity index (χ0) is 20.1. The van der Waals surface area contributed by atoms with Gasteiger partial charge in [0.05, 0.1) is 7.11 Å². The molecule has 0 atom stereocenters. The summed E-state index contributed by atoms with van der Waals surface area (Å²) in [6.45, 7) is 0.439. The molecule has 2 aromatic carbocycles. The van der Waals surface area contributed by atoms with Gasteiger partial charge in [0.1, 0.15) is 10.6 Å². The van der Waals surface area contributed by atoms with E-state index >= 15 is 0 Å². The van der Waals surface area contributed by atoms with Gasteiger partial charge in [-0.3, -0.25) is 4.79 Å². The summed E-state index contributed by atoms with van der Waals surface area (Å²) in [5, 5.41) is 0. The summed E-state index contributed by atoms with van der Waals surface area (Å²) in [6, 6.07) is 14.1. The lowest BCUT2D eigenvalue weighted by atomic mass is 10.1. The van der Waals surface area contributed by atoms with Crippen LogP contribution in [0.1, 0.15) is 41.6 Å². The summed E-state index contributed by atoms with van der Waals surface area (Å²) >= 11 is 0. The molecule has 1 amide bonds. The van der Waals surface area contributed by atoms with Gasteiger partial charge in [-0.1, -0.05) is 43.2 Å². The molecule has 1 aliphatic rings. The molecule has 150 valence electrons. The third kappa shape index (κ3) is 4.72. The second-order valence-electron chi connectivity index (χ2n) is 7.12. The predicted molar refractivity (Wildman–Crippen MR) is 108 cm³/mol. The van der Waals surface area contributed by atoms with E-state index in [0.29, 0.717) is 12.1 Å². The van der Waals surface area contributed by atoms with E-state index in [1.54, 1.807) is 18.0 Å². The minimum Gasteiger partial charge on any atom is -0.495 e. The number of hydrogen-bond donors (Lipinski definition) is 1. The Kier molecular flexibility index (Phi) is 6.36. The van der Waals surface area contributed by atoms with Gasteiger partial charge < -0.3 is 9.64 Å². The van der Waals surface area contributed by atoms with Crippen LogP contribution in [0.4, 0.5) is 0 Å². The van der Waals surface area contributed by atoms with E-state index in [-0.39, 0.29) is 22.6 Å². The van der Waals surface area contributed by atoms with Gasteiger partial charge in [-0.25, -0.2) is 13.1 Å². The van der Waals surface area contributed by atoms with Crippen molar-refractivity contribution in [3.05, 3.63) is 59.7 Å². The highest BCUT2D eigenvalue weighted by Gasteiger charge is 2.27. The number of methoxy groups -OCH3 is 1. The van der Waals surface area contributed by atoms with E-state index in [2.05, 4.69) is 4.72 Å². The Morgan fingerprint density at radius 3 is 2.46 bits per heavy atom.